The van der Waals surface area contributed by atoms with Crippen LogP contribution in [0.25, 0.3) is 0 Å². The average Bonchev–Trinajstić information content (AvgIpc) is 3.54. The van der Waals surface area contributed by atoms with Crippen LogP contribution in [0.2, 0.25) is 0 Å². The summed E-state index contributed by atoms with van der Waals surface area (Å²) in [4.78, 5) is 23.4. The maximum atomic E-state index is 12.6. The molecule has 30 heavy (non-hydrogen) atoms. The molecule has 2 saturated carbocycles. The zero-order chi connectivity index (χ0) is 20.8. The van der Waals surface area contributed by atoms with E-state index in [9.17, 15) is 4.79 Å². The van der Waals surface area contributed by atoms with Crippen LogP contribution in [0, 0.1) is 5.92 Å². The lowest BCUT2D eigenvalue weighted by Crippen LogP contribution is -2.45. The zero-order valence-electron chi connectivity index (χ0n) is 18.1. The number of aliphatic imine (C=N–C) groups is 1. The van der Waals surface area contributed by atoms with Gasteiger partial charge in [-0.25, -0.2) is 4.98 Å². The van der Waals surface area contributed by atoms with E-state index in [0.29, 0.717) is 24.4 Å². The maximum absolute atomic E-state index is 12.6. The van der Waals surface area contributed by atoms with Crippen LogP contribution in [0.3, 0.4) is 0 Å². The number of nitrogens with one attached hydrogen (secondary N) is 2. The van der Waals surface area contributed by atoms with Crippen molar-refractivity contribution in [3.63, 3.8) is 0 Å². The van der Waals surface area contributed by atoms with Crippen molar-refractivity contribution in [2.45, 2.75) is 76.5 Å². The summed E-state index contributed by atoms with van der Waals surface area (Å²) in [5.74, 6) is 2.09. The molecule has 3 fully saturated rings. The van der Waals surface area contributed by atoms with Crippen molar-refractivity contribution in [3.05, 3.63) is 23.9 Å². The molecule has 1 saturated heterocycles. The van der Waals surface area contributed by atoms with Gasteiger partial charge in [0.15, 0.2) is 5.96 Å². The number of carbonyl (C=O) groups is 1. The highest BCUT2D eigenvalue weighted by molar-refractivity contribution is 5.81. The Kier molecular flexibility index (Phi) is 7.07. The Bertz CT molecular complexity index is 741. The van der Waals surface area contributed by atoms with Gasteiger partial charge in [-0.3, -0.25) is 9.79 Å². The highest BCUT2D eigenvalue weighted by atomic mass is 16.5. The quantitative estimate of drug-likeness (QED) is 0.554. The predicted molar refractivity (Wildman–Crippen MR) is 117 cm³/mol. The number of ether oxygens (including phenoxy) is 1. The minimum Gasteiger partial charge on any atom is -0.474 e. The van der Waals surface area contributed by atoms with Crippen LogP contribution < -0.4 is 15.4 Å². The third-order valence-corrected chi connectivity index (χ3v) is 6.62. The van der Waals surface area contributed by atoms with Crippen molar-refractivity contribution < 1.29 is 9.53 Å². The number of hydrogen-bond acceptors (Lipinski definition) is 4. The molecule has 2 aliphatic carbocycles. The summed E-state index contributed by atoms with van der Waals surface area (Å²) in [7, 11) is 1.78. The molecule has 2 N–H and O–H groups in total. The molecule has 4 rings (SSSR count). The second-order valence-electron chi connectivity index (χ2n) is 8.85. The van der Waals surface area contributed by atoms with E-state index in [-0.39, 0.29) is 12.0 Å². The molecule has 1 atom stereocenters. The van der Waals surface area contributed by atoms with E-state index in [1.165, 1.54) is 25.7 Å². The summed E-state index contributed by atoms with van der Waals surface area (Å²) >= 11 is 0. The molecular weight excluding hydrogens is 378 g/mol. The summed E-state index contributed by atoms with van der Waals surface area (Å²) in [6.07, 6.45) is 12.4. The molecule has 7 nitrogen and oxygen atoms in total. The van der Waals surface area contributed by atoms with Crippen LogP contribution in [-0.2, 0) is 11.3 Å². The lowest BCUT2D eigenvalue weighted by atomic mass is 10.1. The van der Waals surface area contributed by atoms with Crippen molar-refractivity contribution >= 4 is 11.9 Å². The maximum Gasteiger partial charge on any atom is 0.225 e. The van der Waals surface area contributed by atoms with Crippen molar-refractivity contribution in [3.8, 4) is 5.88 Å². The summed E-state index contributed by atoms with van der Waals surface area (Å²) in [6.45, 7) is 2.27. The Balaban J connectivity index is 1.24. The van der Waals surface area contributed by atoms with Crippen LogP contribution in [-0.4, -0.2) is 54.0 Å². The first-order valence-electron chi connectivity index (χ1n) is 11.6. The SMILES string of the molecule is CN=C(NCc1ccnc(OC2CCCC2)c1)NC1CCN(C(=O)C2CCCC2)C1. The Hall–Kier alpha value is -2.31. The van der Waals surface area contributed by atoms with Crippen molar-refractivity contribution in [2.75, 3.05) is 20.1 Å². The molecule has 164 valence electrons. The molecule has 2 heterocycles. The standard InChI is InChI=1S/C23H35N5O2/c1-24-23(27-19-11-13-28(16-19)22(29)18-6-2-3-7-18)26-15-17-10-12-25-21(14-17)30-20-8-4-5-9-20/h10,12,14,18-20H,2-9,11,13,15-16H2,1H3,(H2,24,26,27). The predicted octanol–water partition coefficient (Wildman–Crippen LogP) is 2.86. The highest BCUT2D eigenvalue weighted by Crippen LogP contribution is 2.28. The third kappa shape index (κ3) is 5.43. The van der Waals surface area contributed by atoms with Crippen molar-refractivity contribution in [1.82, 2.24) is 20.5 Å². The van der Waals surface area contributed by atoms with Gasteiger partial charge in [-0.1, -0.05) is 12.8 Å². The lowest BCUT2D eigenvalue weighted by molar-refractivity contribution is -0.134. The minimum absolute atomic E-state index is 0.250. The van der Waals surface area contributed by atoms with Gasteiger partial charge < -0.3 is 20.3 Å². The number of carbonyl (C=O) groups excluding carboxylic acids is 1. The van der Waals surface area contributed by atoms with Crippen LogP contribution in [0.4, 0.5) is 0 Å². The number of likely N-dealkylation sites (tertiary alicyclic amines) is 1. The number of nitrogens with zero attached hydrogens (tertiary/aromatic N) is 3. The van der Waals surface area contributed by atoms with E-state index in [0.717, 1.165) is 56.7 Å². The molecule has 0 aromatic carbocycles. The van der Waals surface area contributed by atoms with E-state index < -0.39 is 0 Å². The fourth-order valence-electron chi connectivity index (χ4n) is 4.88. The number of guanidine groups is 1. The number of aromatic nitrogens is 1. The molecule has 1 amide bonds. The van der Waals surface area contributed by atoms with Crippen molar-refractivity contribution in [2.24, 2.45) is 10.9 Å². The van der Waals surface area contributed by atoms with E-state index >= 15 is 0 Å². The van der Waals surface area contributed by atoms with Gasteiger partial charge in [-0.05, 0) is 56.6 Å². The fourth-order valence-corrected chi connectivity index (χ4v) is 4.88. The second-order valence-corrected chi connectivity index (χ2v) is 8.85. The summed E-state index contributed by atoms with van der Waals surface area (Å²) in [5, 5.41) is 6.87. The second kappa shape index (κ2) is 10.1. The third-order valence-electron chi connectivity index (χ3n) is 6.62. The first kappa shape index (κ1) is 20.9. The van der Waals surface area contributed by atoms with E-state index in [2.05, 4.69) is 20.6 Å². The van der Waals surface area contributed by atoms with Gasteiger partial charge >= 0.3 is 0 Å². The average molecular weight is 414 g/mol. The molecule has 0 radical (unpaired) electrons. The smallest absolute Gasteiger partial charge is 0.225 e. The van der Waals surface area contributed by atoms with Gasteiger partial charge in [0, 0.05) is 50.9 Å². The molecule has 3 aliphatic rings. The molecule has 1 unspecified atom stereocenters. The van der Waals surface area contributed by atoms with Gasteiger partial charge in [-0.2, -0.15) is 0 Å². The largest absolute Gasteiger partial charge is 0.474 e. The molecule has 1 aromatic rings. The molecule has 0 bridgehead atoms. The van der Waals surface area contributed by atoms with Crippen LogP contribution in [0.1, 0.15) is 63.4 Å². The van der Waals surface area contributed by atoms with Gasteiger partial charge in [0.25, 0.3) is 0 Å². The molecule has 1 aliphatic heterocycles. The Morgan fingerprint density at radius 2 is 1.97 bits per heavy atom. The topological polar surface area (TPSA) is 78.9 Å². The Labute approximate surface area is 179 Å². The number of hydrogen-bond donors (Lipinski definition) is 2. The summed E-state index contributed by atoms with van der Waals surface area (Å²) in [6, 6.07) is 4.26. The monoisotopic (exact) mass is 413 g/mol. The first-order valence-corrected chi connectivity index (χ1v) is 11.6. The van der Waals surface area contributed by atoms with Crippen LogP contribution in [0.5, 0.6) is 5.88 Å². The molecule has 0 spiro atoms. The van der Waals surface area contributed by atoms with Crippen LogP contribution in [0.15, 0.2) is 23.3 Å². The molecule has 1 aromatic heterocycles. The minimum atomic E-state index is 0.250. The number of rotatable bonds is 6. The number of amides is 1. The summed E-state index contributed by atoms with van der Waals surface area (Å²) in [5.41, 5.74) is 1.12. The van der Waals surface area contributed by atoms with Crippen molar-refractivity contribution in [1.29, 1.82) is 0 Å². The zero-order valence-corrected chi connectivity index (χ0v) is 18.1. The van der Waals surface area contributed by atoms with Gasteiger partial charge in [0.2, 0.25) is 11.8 Å². The molecular formula is C23H35N5O2. The number of pyridine rings is 1. The first-order chi connectivity index (χ1) is 14.7. The van der Waals surface area contributed by atoms with Gasteiger partial charge in [-0.15, -0.1) is 0 Å². The fraction of sp³-hybridized carbons (Fsp3) is 0.696. The molecule has 7 heteroatoms. The van der Waals surface area contributed by atoms with Crippen LogP contribution >= 0.6 is 0 Å². The Morgan fingerprint density at radius 3 is 2.73 bits per heavy atom. The van der Waals surface area contributed by atoms with E-state index in [1.54, 1.807) is 13.2 Å². The lowest BCUT2D eigenvalue weighted by Gasteiger charge is -2.21. The normalized spacial score (nSPS) is 23.2. The Morgan fingerprint density at radius 1 is 1.20 bits per heavy atom. The van der Waals surface area contributed by atoms with Gasteiger partial charge in [0.05, 0.1) is 0 Å². The highest BCUT2D eigenvalue weighted by Gasteiger charge is 2.32. The van der Waals surface area contributed by atoms with E-state index in [1.807, 2.05) is 17.0 Å². The van der Waals surface area contributed by atoms with E-state index in [4.69, 9.17) is 4.74 Å². The summed E-state index contributed by atoms with van der Waals surface area (Å²) < 4.78 is 6.01. The van der Waals surface area contributed by atoms with Gasteiger partial charge in [0.1, 0.15) is 6.10 Å².